The van der Waals surface area contributed by atoms with E-state index in [9.17, 15) is 4.79 Å². The number of hydrogen-bond acceptors (Lipinski definition) is 5. The van der Waals surface area contributed by atoms with E-state index in [0.29, 0.717) is 24.8 Å². The van der Waals surface area contributed by atoms with Gasteiger partial charge in [-0.25, -0.2) is 4.98 Å². The number of amides is 1. The number of hydrogen-bond donors (Lipinski definition) is 2. The van der Waals surface area contributed by atoms with Crippen molar-refractivity contribution in [1.29, 1.82) is 0 Å². The third-order valence-electron chi connectivity index (χ3n) is 4.70. The number of nitrogens with zero attached hydrogens (tertiary/aromatic N) is 1. The molecule has 144 valence electrons. The van der Waals surface area contributed by atoms with Gasteiger partial charge in [0.1, 0.15) is 23.9 Å². The topological polar surface area (TPSA) is 72.5 Å². The standard InChI is InChI=1S/C21H27N3O3/c1-26-18-8-10-19(11-9-18)27-14-13-22-20-12-7-16(15-23-20)21(25)24-17-5-3-2-4-6-17/h7-12,15,17H,2-6,13-14H2,1H3,(H,22,23)(H,24,25). The highest BCUT2D eigenvalue weighted by Gasteiger charge is 2.16. The molecule has 6 heteroatoms. The molecule has 0 unspecified atom stereocenters. The summed E-state index contributed by atoms with van der Waals surface area (Å²) >= 11 is 0. The number of aromatic nitrogens is 1. The van der Waals surface area contributed by atoms with E-state index in [1.807, 2.05) is 30.3 Å². The van der Waals surface area contributed by atoms with Crippen LogP contribution in [-0.4, -0.2) is 37.2 Å². The minimum absolute atomic E-state index is 0.0382. The van der Waals surface area contributed by atoms with Gasteiger partial charge >= 0.3 is 0 Å². The molecule has 1 saturated carbocycles. The molecule has 1 aromatic heterocycles. The molecule has 1 amide bonds. The Morgan fingerprint density at radius 3 is 2.48 bits per heavy atom. The molecule has 2 aromatic rings. The lowest BCUT2D eigenvalue weighted by molar-refractivity contribution is 0.0927. The van der Waals surface area contributed by atoms with E-state index >= 15 is 0 Å². The van der Waals surface area contributed by atoms with Gasteiger partial charge in [0.15, 0.2) is 0 Å². The SMILES string of the molecule is COc1ccc(OCCNc2ccc(C(=O)NC3CCCCC3)cn2)cc1. The molecule has 0 aliphatic heterocycles. The highest BCUT2D eigenvalue weighted by molar-refractivity contribution is 5.94. The van der Waals surface area contributed by atoms with Crippen LogP contribution in [0.15, 0.2) is 42.6 Å². The van der Waals surface area contributed by atoms with Crippen molar-refractivity contribution in [2.75, 3.05) is 25.6 Å². The van der Waals surface area contributed by atoms with Gasteiger partial charge in [-0.15, -0.1) is 0 Å². The summed E-state index contributed by atoms with van der Waals surface area (Å²) in [5.74, 6) is 2.28. The summed E-state index contributed by atoms with van der Waals surface area (Å²) < 4.78 is 10.8. The first-order chi connectivity index (χ1) is 13.2. The van der Waals surface area contributed by atoms with Gasteiger partial charge in [0.25, 0.3) is 5.91 Å². The number of benzene rings is 1. The number of anilines is 1. The average molecular weight is 369 g/mol. The molecular formula is C21H27N3O3. The van der Waals surface area contributed by atoms with Crippen molar-refractivity contribution in [3.05, 3.63) is 48.2 Å². The number of carbonyl (C=O) groups is 1. The zero-order valence-corrected chi connectivity index (χ0v) is 15.7. The molecule has 2 N–H and O–H groups in total. The minimum atomic E-state index is -0.0382. The van der Waals surface area contributed by atoms with E-state index in [0.717, 1.165) is 30.2 Å². The van der Waals surface area contributed by atoms with Crippen molar-refractivity contribution in [3.63, 3.8) is 0 Å². The second-order valence-electron chi connectivity index (χ2n) is 6.69. The molecule has 1 heterocycles. The van der Waals surface area contributed by atoms with Gasteiger partial charge in [-0.2, -0.15) is 0 Å². The van der Waals surface area contributed by atoms with E-state index in [1.165, 1.54) is 19.3 Å². The quantitative estimate of drug-likeness (QED) is 0.695. The summed E-state index contributed by atoms with van der Waals surface area (Å²) in [5, 5.41) is 6.30. The largest absolute Gasteiger partial charge is 0.497 e. The number of pyridine rings is 1. The third kappa shape index (κ3) is 5.88. The molecule has 1 aliphatic rings. The summed E-state index contributed by atoms with van der Waals surface area (Å²) in [6.07, 6.45) is 7.44. The summed E-state index contributed by atoms with van der Waals surface area (Å²) in [5.41, 5.74) is 0.598. The smallest absolute Gasteiger partial charge is 0.253 e. The first-order valence-corrected chi connectivity index (χ1v) is 9.52. The molecule has 6 nitrogen and oxygen atoms in total. The molecule has 3 rings (SSSR count). The van der Waals surface area contributed by atoms with Crippen LogP contribution in [0.2, 0.25) is 0 Å². The van der Waals surface area contributed by atoms with Crippen LogP contribution in [0.1, 0.15) is 42.5 Å². The summed E-state index contributed by atoms with van der Waals surface area (Å²) in [7, 11) is 1.64. The number of nitrogens with one attached hydrogen (secondary N) is 2. The predicted octanol–water partition coefficient (Wildman–Crippen LogP) is 3.64. The third-order valence-corrected chi connectivity index (χ3v) is 4.70. The fourth-order valence-electron chi connectivity index (χ4n) is 3.17. The van der Waals surface area contributed by atoms with E-state index in [1.54, 1.807) is 19.4 Å². The van der Waals surface area contributed by atoms with Crippen LogP contribution >= 0.6 is 0 Å². The molecule has 0 atom stereocenters. The number of rotatable bonds is 8. The molecule has 0 bridgehead atoms. The zero-order chi connectivity index (χ0) is 18.9. The van der Waals surface area contributed by atoms with Crippen LogP contribution in [0.3, 0.4) is 0 Å². The molecule has 27 heavy (non-hydrogen) atoms. The Bertz CT molecular complexity index is 710. The Morgan fingerprint density at radius 2 is 1.81 bits per heavy atom. The van der Waals surface area contributed by atoms with Crippen LogP contribution in [0.25, 0.3) is 0 Å². The lowest BCUT2D eigenvalue weighted by atomic mass is 9.95. The molecule has 1 fully saturated rings. The zero-order valence-electron chi connectivity index (χ0n) is 15.7. The minimum Gasteiger partial charge on any atom is -0.497 e. The highest BCUT2D eigenvalue weighted by Crippen LogP contribution is 2.18. The van der Waals surface area contributed by atoms with Gasteiger partial charge in [0, 0.05) is 12.2 Å². The van der Waals surface area contributed by atoms with Crippen molar-refractivity contribution < 1.29 is 14.3 Å². The maximum Gasteiger partial charge on any atom is 0.253 e. The molecule has 1 aromatic carbocycles. The van der Waals surface area contributed by atoms with Gasteiger partial charge in [-0.1, -0.05) is 19.3 Å². The Kier molecular flexibility index (Phi) is 6.90. The molecule has 0 spiro atoms. The van der Waals surface area contributed by atoms with Crippen molar-refractivity contribution in [2.24, 2.45) is 0 Å². The summed E-state index contributed by atoms with van der Waals surface area (Å²) in [4.78, 5) is 16.6. The van der Waals surface area contributed by atoms with Crippen LogP contribution in [0.4, 0.5) is 5.82 Å². The second-order valence-corrected chi connectivity index (χ2v) is 6.69. The number of carbonyl (C=O) groups excluding carboxylic acids is 1. The number of ether oxygens (including phenoxy) is 2. The Balaban J connectivity index is 1.39. The predicted molar refractivity (Wildman–Crippen MR) is 106 cm³/mol. The normalized spacial score (nSPS) is 14.4. The van der Waals surface area contributed by atoms with Crippen molar-refractivity contribution in [1.82, 2.24) is 10.3 Å². The number of methoxy groups -OCH3 is 1. The maximum atomic E-state index is 12.3. The first-order valence-electron chi connectivity index (χ1n) is 9.52. The van der Waals surface area contributed by atoms with Gasteiger partial charge in [0.2, 0.25) is 0 Å². The van der Waals surface area contributed by atoms with Gasteiger partial charge < -0.3 is 20.1 Å². The maximum absolute atomic E-state index is 12.3. The van der Waals surface area contributed by atoms with E-state index < -0.39 is 0 Å². The fourth-order valence-corrected chi connectivity index (χ4v) is 3.17. The molecule has 0 radical (unpaired) electrons. The van der Waals surface area contributed by atoms with Gasteiger partial charge in [0.05, 0.1) is 19.2 Å². The lowest BCUT2D eigenvalue weighted by Crippen LogP contribution is -2.36. The van der Waals surface area contributed by atoms with Crippen molar-refractivity contribution >= 4 is 11.7 Å². The molecule has 1 aliphatic carbocycles. The van der Waals surface area contributed by atoms with Gasteiger partial charge in [-0.05, 0) is 49.2 Å². The van der Waals surface area contributed by atoms with Crippen LogP contribution in [-0.2, 0) is 0 Å². The first kappa shape index (κ1) is 19.0. The van der Waals surface area contributed by atoms with Gasteiger partial charge in [-0.3, -0.25) is 4.79 Å². The molecular weight excluding hydrogens is 342 g/mol. The second kappa shape index (κ2) is 9.80. The van der Waals surface area contributed by atoms with Crippen LogP contribution < -0.4 is 20.1 Å². The Hall–Kier alpha value is -2.76. The van der Waals surface area contributed by atoms with Crippen LogP contribution in [0, 0.1) is 0 Å². The molecule has 0 saturated heterocycles. The van der Waals surface area contributed by atoms with Crippen molar-refractivity contribution in [3.8, 4) is 11.5 Å². The van der Waals surface area contributed by atoms with Crippen LogP contribution in [0.5, 0.6) is 11.5 Å². The Morgan fingerprint density at radius 1 is 1.07 bits per heavy atom. The van der Waals surface area contributed by atoms with E-state index in [-0.39, 0.29) is 5.91 Å². The fraction of sp³-hybridized carbons (Fsp3) is 0.429. The van der Waals surface area contributed by atoms with Crippen molar-refractivity contribution in [2.45, 2.75) is 38.1 Å². The van der Waals surface area contributed by atoms with E-state index in [2.05, 4.69) is 15.6 Å². The highest BCUT2D eigenvalue weighted by atomic mass is 16.5. The van der Waals surface area contributed by atoms with E-state index in [4.69, 9.17) is 9.47 Å². The average Bonchev–Trinajstić information content (AvgIpc) is 2.73. The summed E-state index contributed by atoms with van der Waals surface area (Å²) in [6.45, 7) is 1.13. The lowest BCUT2D eigenvalue weighted by Gasteiger charge is -2.22. The Labute approximate surface area is 160 Å². The summed E-state index contributed by atoms with van der Waals surface area (Å²) in [6, 6.07) is 11.4. The monoisotopic (exact) mass is 369 g/mol.